The largest absolute Gasteiger partial charge is 0.107 e. The summed E-state index contributed by atoms with van der Waals surface area (Å²) in [4.78, 5) is 0. The number of rotatable bonds is 14. The van der Waals surface area contributed by atoms with Crippen LogP contribution in [0.2, 0.25) is 4.47 Å². The van der Waals surface area contributed by atoms with Crippen molar-refractivity contribution >= 4 is 70.2 Å². The Bertz CT molecular complexity index is 118. The smallest absolute Gasteiger partial charge is 0.107 e. The third-order valence-corrected chi connectivity index (χ3v) is 4.41. The Hall–Kier alpha value is 2.25. The SMILES string of the molecule is CCCCCCCCCCCCCCCC[TeH].I.I. The molecule has 0 saturated carbocycles. The minimum absolute atomic E-state index is 0. The van der Waals surface area contributed by atoms with E-state index in [4.69, 9.17) is 0 Å². The van der Waals surface area contributed by atoms with Gasteiger partial charge in [-0.3, -0.25) is 0 Å². The van der Waals surface area contributed by atoms with Gasteiger partial charge in [-0.15, -0.1) is 48.0 Å². The Labute approximate surface area is 170 Å². The molecule has 0 bridgehead atoms. The van der Waals surface area contributed by atoms with E-state index in [2.05, 4.69) is 6.92 Å². The van der Waals surface area contributed by atoms with E-state index in [1.165, 1.54) is 94.4 Å². The minimum Gasteiger partial charge on any atom is -0.107 e. The molecule has 0 N–H and O–H groups in total. The molecule has 0 rings (SSSR count). The van der Waals surface area contributed by atoms with E-state index in [9.17, 15) is 0 Å². The van der Waals surface area contributed by atoms with Crippen molar-refractivity contribution in [1.29, 1.82) is 0 Å². The van der Waals surface area contributed by atoms with Crippen LogP contribution in [-0.4, -0.2) is 22.3 Å². The molecule has 0 heterocycles. The van der Waals surface area contributed by atoms with Crippen LogP contribution in [0.4, 0.5) is 0 Å². The summed E-state index contributed by atoms with van der Waals surface area (Å²) in [6, 6.07) is 0. The molecule has 0 aliphatic rings. The monoisotopic (exact) mass is 612 g/mol. The number of hydrogen-bond acceptors (Lipinski definition) is 0. The van der Waals surface area contributed by atoms with Crippen LogP contribution >= 0.6 is 48.0 Å². The van der Waals surface area contributed by atoms with Crippen LogP contribution in [0.15, 0.2) is 0 Å². The zero-order chi connectivity index (χ0) is 12.6. The van der Waals surface area contributed by atoms with Crippen molar-refractivity contribution in [3.8, 4) is 0 Å². The summed E-state index contributed by atoms with van der Waals surface area (Å²) in [6.45, 7) is 2.29. The maximum absolute atomic E-state index is 2.29. The molecule has 0 atom stereocenters. The first-order valence-electron chi connectivity index (χ1n) is 8.02. The molecule has 0 amide bonds. The topological polar surface area (TPSA) is 0 Å². The van der Waals surface area contributed by atoms with Crippen LogP contribution in [0.25, 0.3) is 0 Å². The van der Waals surface area contributed by atoms with Crippen LogP contribution < -0.4 is 0 Å². The Kier molecular flexibility index (Phi) is 34.7. The van der Waals surface area contributed by atoms with Gasteiger partial charge in [0.25, 0.3) is 0 Å². The van der Waals surface area contributed by atoms with Crippen LogP contribution in [0, 0.1) is 0 Å². The minimum atomic E-state index is 0. The van der Waals surface area contributed by atoms with Gasteiger partial charge in [-0.1, -0.05) is 26.2 Å². The molecule has 0 aromatic carbocycles. The van der Waals surface area contributed by atoms with Gasteiger partial charge < -0.3 is 0 Å². The predicted molar refractivity (Wildman–Crippen MR) is 113 cm³/mol. The van der Waals surface area contributed by atoms with Gasteiger partial charge in [0.2, 0.25) is 0 Å². The summed E-state index contributed by atoms with van der Waals surface area (Å²) in [6.07, 6.45) is 20.6. The number of unbranched alkanes of at least 4 members (excludes halogenated alkanes) is 13. The van der Waals surface area contributed by atoms with Crippen LogP contribution in [0.5, 0.6) is 0 Å². The molecule has 0 aromatic rings. The third kappa shape index (κ3) is 25.5. The summed E-state index contributed by atoms with van der Waals surface area (Å²) in [7, 11) is 0. The Balaban J connectivity index is -0.00000128. The Morgan fingerprint density at radius 1 is 0.474 bits per heavy atom. The molecular formula is C16H36I2Te. The average Bonchev–Trinajstić information content (AvgIpc) is 2.35. The van der Waals surface area contributed by atoms with Crippen molar-refractivity contribution in [3.63, 3.8) is 0 Å². The fourth-order valence-corrected chi connectivity index (χ4v) is 2.94. The molecule has 0 fully saturated rings. The van der Waals surface area contributed by atoms with Gasteiger partial charge in [0.05, 0.1) is 0 Å². The van der Waals surface area contributed by atoms with Gasteiger partial charge in [-0.2, -0.15) is 0 Å². The molecule has 0 radical (unpaired) electrons. The Morgan fingerprint density at radius 2 is 0.737 bits per heavy atom. The standard InChI is InChI=1S/C16H34Te.2HI/c1-2-3-4-5-6-7-8-9-10-11-12-13-14-15-16-17;;/h17H,2-16H2,1H3;2*1H. The number of halogens is 2. The molecule has 0 spiro atoms. The average molecular weight is 610 g/mol. The van der Waals surface area contributed by atoms with Gasteiger partial charge in [0, 0.05) is 0 Å². The van der Waals surface area contributed by atoms with E-state index in [0.29, 0.717) is 0 Å². The van der Waals surface area contributed by atoms with Crippen molar-refractivity contribution in [2.75, 3.05) is 0 Å². The quantitative estimate of drug-likeness (QED) is 0.113. The van der Waals surface area contributed by atoms with Gasteiger partial charge >= 0.3 is 97.4 Å². The molecule has 3 heteroatoms. The maximum atomic E-state index is 2.29. The van der Waals surface area contributed by atoms with Crippen molar-refractivity contribution in [3.05, 3.63) is 0 Å². The van der Waals surface area contributed by atoms with Gasteiger partial charge in [0.1, 0.15) is 0 Å². The second kappa shape index (κ2) is 25.2. The fraction of sp³-hybridized carbons (Fsp3) is 1.00. The first kappa shape index (κ1) is 26.2. The maximum Gasteiger partial charge on any atom is -0.107 e. The van der Waals surface area contributed by atoms with Crippen LogP contribution in [-0.2, 0) is 0 Å². The van der Waals surface area contributed by atoms with Crippen LogP contribution in [0.3, 0.4) is 0 Å². The van der Waals surface area contributed by atoms with Gasteiger partial charge in [0.15, 0.2) is 0 Å². The van der Waals surface area contributed by atoms with Crippen LogP contribution in [0.1, 0.15) is 96.8 Å². The summed E-state index contributed by atoms with van der Waals surface area (Å²) < 4.78 is 1.42. The fourth-order valence-electron chi connectivity index (χ4n) is 2.31. The second-order valence-corrected chi connectivity index (χ2v) is 6.60. The van der Waals surface area contributed by atoms with Crippen molar-refractivity contribution in [1.82, 2.24) is 0 Å². The van der Waals surface area contributed by atoms with E-state index in [0.717, 1.165) is 0 Å². The molecule has 0 aliphatic carbocycles. The zero-order valence-corrected chi connectivity index (χ0v) is 20.1. The van der Waals surface area contributed by atoms with E-state index < -0.39 is 0 Å². The second-order valence-electron chi connectivity index (χ2n) is 5.32. The first-order chi connectivity index (χ1) is 8.41. The Morgan fingerprint density at radius 3 is 1.00 bits per heavy atom. The normalized spacial score (nSPS) is 9.79. The van der Waals surface area contributed by atoms with E-state index >= 15 is 0 Å². The van der Waals surface area contributed by atoms with E-state index in [1.54, 1.807) is 0 Å². The number of hydrogen-bond donors (Lipinski definition) is 0. The molecular weight excluding hydrogens is 574 g/mol. The molecule has 0 aromatic heterocycles. The van der Waals surface area contributed by atoms with Crippen molar-refractivity contribution < 1.29 is 0 Å². The molecule has 0 aliphatic heterocycles. The van der Waals surface area contributed by atoms with Gasteiger partial charge in [-0.05, 0) is 0 Å². The van der Waals surface area contributed by atoms with E-state index in [1.807, 2.05) is 22.3 Å². The molecule has 0 nitrogen and oxygen atoms in total. The van der Waals surface area contributed by atoms with Crippen molar-refractivity contribution in [2.45, 2.75) is 101 Å². The molecule has 0 unspecified atom stereocenters. The summed E-state index contributed by atoms with van der Waals surface area (Å²) in [5.41, 5.74) is 0. The molecule has 120 valence electrons. The first-order valence-corrected chi connectivity index (χ1v) is 9.83. The molecule has 19 heavy (non-hydrogen) atoms. The van der Waals surface area contributed by atoms with Crippen molar-refractivity contribution in [2.24, 2.45) is 0 Å². The van der Waals surface area contributed by atoms with Gasteiger partial charge in [-0.25, -0.2) is 0 Å². The summed E-state index contributed by atoms with van der Waals surface area (Å²) in [5.74, 6) is 0. The zero-order valence-electron chi connectivity index (χ0n) is 12.9. The molecule has 0 saturated heterocycles. The summed E-state index contributed by atoms with van der Waals surface area (Å²) >= 11 is 1.97. The predicted octanol–water partition coefficient (Wildman–Crippen LogP) is 7.02. The van der Waals surface area contributed by atoms with E-state index in [-0.39, 0.29) is 48.0 Å². The summed E-state index contributed by atoms with van der Waals surface area (Å²) in [5, 5.41) is 0. The third-order valence-electron chi connectivity index (χ3n) is 3.51.